The molecule has 0 unspecified atom stereocenters. The van der Waals surface area contributed by atoms with Crippen molar-refractivity contribution in [2.45, 2.75) is 6.61 Å². The maximum atomic E-state index is 12.4. The number of furan rings is 1. The molecular formula is C23H17NO3. The van der Waals surface area contributed by atoms with Crippen LogP contribution in [0.4, 0.5) is 0 Å². The van der Waals surface area contributed by atoms with Gasteiger partial charge in [-0.3, -0.25) is 9.78 Å². The molecule has 0 bridgehead atoms. The highest BCUT2D eigenvalue weighted by Gasteiger charge is 2.09. The summed E-state index contributed by atoms with van der Waals surface area (Å²) in [5.74, 6) is 0.821. The van der Waals surface area contributed by atoms with Crippen LogP contribution in [0.2, 0.25) is 0 Å². The lowest BCUT2D eigenvalue weighted by atomic mass is 10.1. The van der Waals surface area contributed by atoms with Gasteiger partial charge in [0.15, 0.2) is 5.76 Å². The van der Waals surface area contributed by atoms with Crippen LogP contribution in [-0.2, 0) is 6.61 Å². The number of fused-ring (bicyclic) bond motifs is 1. The number of aromatic nitrogens is 1. The standard InChI is InChI=1S/C23H17NO3/c25-20(23-15-18-8-2-4-11-22(18)27-23)13-12-17-7-1-3-10-21(17)26-16-19-9-5-6-14-24-19/h1-15H,16H2/b13-12+. The highest BCUT2D eigenvalue weighted by Crippen LogP contribution is 2.22. The van der Waals surface area contributed by atoms with Gasteiger partial charge >= 0.3 is 0 Å². The lowest BCUT2D eigenvalue weighted by Crippen LogP contribution is -1.99. The summed E-state index contributed by atoms with van der Waals surface area (Å²) in [6, 6.07) is 22.6. The van der Waals surface area contributed by atoms with Crippen molar-refractivity contribution in [3.63, 3.8) is 0 Å². The minimum atomic E-state index is -0.189. The third-order valence-electron chi connectivity index (χ3n) is 4.10. The predicted molar refractivity (Wildman–Crippen MR) is 105 cm³/mol. The monoisotopic (exact) mass is 355 g/mol. The van der Waals surface area contributed by atoms with Crippen LogP contribution in [-0.4, -0.2) is 10.8 Å². The molecule has 0 saturated carbocycles. The number of carbonyl (C=O) groups is 1. The number of rotatable bonds is 6. The Hall–Kier alpha value is -3.66. The summed E-state index contributed by atoms with van der Waals surface area (Å²) in [4.78, 5) is 16.7. The van der Waals surface area contributed by atoms with Gasteiger partial charge in [-0.15, -0.1) is 0 Å². The molecule has 4 rings (SSSR count). The van der Waals surface area contributed by atoms with Crippen LogP contribution < -0.4 is 4.74 Å². The first kappa shape index (κ1) is 16.8. The van der Waals surface area contributed by atoms with Crippen molar-refractivity contribution >= 4 is 22.8 Å². The largest absolute Gasteiger partial charge is 0.487 e. The van der Waals surface area contributed by atoms with Crippen molar-refractivity contribution in [1.29, 1.82) is 0 Å². The number of pyridine rings is 1. The van der Waals surface area contributed by atoms with Crippen molar-refractivity contribution in [1.82, 2.24) is 4.98 Å². The Morgan fingerprint density at radius 1 is 1.00 bits per heavy atom. The summed E-state index contributed by atoms with van der Waals surface area (Å²) in [6.45, 7) is 0.364. The average Bonchev–Trinajstić information content (AvgIpc) is 3.16. The van der Waals surface area contributed by atoms with E-state index in [4.69, 9.17) is 9.15 Å². The molecule has 0 saturated heterocycles. The zero-order valence-corrected chi connectivity index (χ0v) is 14.5. The SMILES string of the molecule is O=C(/C=C/c1ccccc1OCc1ccccn1)c1cc2ccccc2o1. The molecule has 4 aromatic rings. The number of ketones is 1. The molecule has 2 aromatic carbocycles. The van der Waals surface area contributed by atoms with Gasteiger partial charge in [-0.25, -0.2) is 0 Å². The summed E-state index contributed by atoms with van der Waals surface area (Å²) >= 11 is 0. The van der Waals surface area contributed by atoms with E-state index in [0.717, 1.165) is 16.6 Å². The lowest BCUT2D eigenvalue weighted by molar-refractivity contribution is 0.102. The maximum Gasteiger partial charge on any atom is 0.221 e. The van der Waals surface area contributed by atoms with Crippen LogP contribution in [0.15, 0.2) is 89.5 Å². The second-order valence-electron chi connectivity index (χ2n) is 5.99. The first-order valence-corrected chi connectivity index (χ1v) is 8.62. The number of allylic oxidation sites excluding steroid dienone is 1. The maximum absolute atomic E-state index is 12.4. The summed E-state index contributed by atoms with van der Waals surface area (Å²) in [5, 5.41) is 0.911. The summed E-state index contributed by atoms with van der Waals surface area (Å²) < 4.78 is 11.5. The molecule has 0 radical (unpaired) electrons. The summed E-state index contributed by atoms with van der Waals surface area (Å²) in [6.07, 6.45) is 4.97. The molecule has 0 aliphatic rings. The summed E-state index contributed by atoms with van der Waals surface area (Å²) in [5.41, 5.74) is 2.36. The molecule has 0 amide bonds. The van der Waals surface area contributed by atoms with Crippen LogP contribution in [0.1, 0.15) is 21.8 Å². The number of nitrogens with zero attached hydrogens (tertiary/aromatic N) is 1. The van der Waals surface area contributed by atoms with Crippen molar-refractivity contribution < 1.29 is 13.9 Å². The highest BCUT2D eigenvalue weighted by molar-refractivity contribution is 6.07. The Morgan fingerprint density at radius 3 is 2.67 bits per heavy atom. The molecule has 0 aliphatic carbocycles. The molecule has 0 aliphatic heterocycles. The molecule has 0 atom stereocenters. The van der Waals surface area contributed by atoms with E-state index >= 15 is 0 Å². The number of para-hydroxylation sites is 2. The number of ether oxygens (including phenoxy) is 1. The molecule has 0 fully saturated rings. The minimum absolute atomic E-state index is 0.189. The molecule has 0 spiro atoms. The van der Waals surface area contributed by atoms with E-state index in [1.165, 1.54) is 6.08 Å². The van der Waals surface area contributed by atoms with Gasteiger partial charge in [-0.2, -0.15) is 0 Å². The van der Waals surface area contributed by atoms with Gasteiger partial charge in [0.2, 0.25) is 5.78 Å². The molecule has 0 N–H and O–H groups in total. The normalized spacial score (nSPS) is 11.1. The molecule has 4 heteroatoms. The number of hydrogen-bond acceptors (Lipinski definition) is 4. The van der Waals surface area contributed by atoms with Gasteiger partial charge < -0.3 is 9.15 Å². The topological polar surface area (TPSA) is 52.3 Å². The van der Waals surface area contributed by atoms with Crippen molar-refractivity contribution in [3.05, 3.63) is 102 Å². The first-order valence-electron chi connectivity index (χ1n) is 8.62. The Kier molecular flexibility index (Phi) is 4.79. The predicted octanol–water partition coefficient (Wildman–Crippen LogP) is 5.30. The van der Waals surface area contributed by atoms with Crippen molar-refractivity contribution in [2.24, 2.45) is 0 Å². The Bertz CT molecular complexity index is 1060. The Morgan fingerprint density at radius 2 is 1.81 bits per heavy atom. The second kappa shape index (κ2) is 7.70. The molecule has 27 heavy (non-hydrogen) atoms. The van der Waals surface area contributed by atoms with E-state index in [1.54, 1.807) is 18.3 Å². The Balaban J connectivity index is 1.50. The van der Waals surface area contributed by atoms with Crippen LogP contribution in [0.3, 0.4) is 0 Å². The molecule has 2 heterocycles. The fourth-order valence-electron chi connectivity index (χ4n) is 2.74. The van der Waals surface area contributed by atoms with Crippen LogP contribution >= 0.6 is 0 Å². The number of carbonyl (C=O) groups excluding carboxylic acids is 1. The van der Waals surface area contributed by atoms with E-state index in [-0.39, 0.29) is 5.78 Å². The highest BCUT2D eigenvalue weighted by atomic mass is 16.5. The zero-order chi connectivity index (χ0) is 18.5. The minimum Gasteiger partial charge on any atom is -0.487 e. The van der Waals surface area contributed by atoms with Gasteiger partial charge in [0, 0.05) is 17.1 Å². The van der Waals surface area contributed by atoms with Gasteiger partial charge in [0.1, 0.15) is 17.9 Å². The van der Waals surface area contributed by atoms with Gasteiger partial charge in [0.25, 0.3) is 0 Å². The lowest BCUT2D eigenvalue weighted by Gasteiger charge is -2.08. The molecule has 4 nitrogen and oxygen atoms in total. The molecule has 132 valence electrons. The zero-order valence-electron chi connectivity index (χ0n) is 14.5. The van der Waals surface area contributed by atoms with E-state index in [2.05, 4.69) is 4.98 Å². The fourth-order valence-corrected chi connectivity index (χ4v) is 2.74. The fraction of sp³-hybridized carbons (Fsp3) is 0.0435. The van der Waals surface area contributed by atoms with Crippen LogP contribution in [0, 0.1) is 0 Å². The van der Waals surface area contributed by atoms with E-state index < -0.39 is 0 Å². The average molecular weight is 355 g/mol. The van der Waals surface area contributed by atoms with E-state index in [0.29, 0.717) is 23.7 Å². The first-order chi connectivity index (χ1) is 13.3. The molecular weight excluding hydrogens is 338 g/mol. The molecule has 2 aromatic heterocycles. The van der Waals surface area contributed by atoms with Crippen molar-refractivity contribution in [2.75, 3.05) is 0 Å². The smallest absolute Gasteiger partial charge is 0.221 e. The van der Waals surface area contributed by atoms with Crippen molar-refractivity contribution in [3.8, 4) is 5.75 Å². The number of hydrogen-bond donors (Lipinski definition) is 0. The van der Waals surface area contributed by atoms with E-state index in [9.17, 15) is 4.79 Å². The third kappa shape index (κ3) is 3.96. The van der Waals surface area contributed by atoms with Crippen LogP contribution in [0.25, 0.3) is 17.0 Å². The second-order valence-corrected chi connectivity index (χ2v) is 5.99. The Labute approximate surface area is 156 Å². The third-order valence-corrected chi connectivity index (χ3v) is 4.10. The van der Waals surface area contributed by atoms with Gasteiger partial charge in [-0.05, 0) is 42.5 Å². The van der Waals surface area contributed by atoms with Gasteiger partial charge in [0.05, 0.1) is 5.69 Å². The number of benzene rings is 2. The quantitative estimate of drug-likeness (QED) is 0.348. The van der Waals surface area contributed by atoms with Crippen LogP contribution in [0.5, 0.6) is 5.75 Å². The van der Waals surface area contributed by atoms with Gasteiger partial charge in [-0.1, -0.05) is 42.5 Å². The van der Waals surface area contributed by atoms with E-state index in [1.807, 2.05) is 66.7 Å². The summed E-state index contributed by atoms with van der Waals surface area (Å²) in [7, 11) is 0.